The zero-order valence-electron chi connectivity index (χ0n) is 10.8. The van der Waals surface area contributed by atoms with Crippen LogP contribution < -0.4 is 11.1 Å². The standard InChI is InChI=1S/C15H18N2O2/c16-14(18)10-12-7-3-4-8-13(12)17-15(19)9-11-5-1-2-6-11/h1,3-5,7-8,11H,2,6,9-10H2,(H2,16,18)(H,17,19)/t11-/m0/s1. The van der Waals surface area contributed by atoms with Gasteiger partial charge in [0.25, 0.3) is 0 Å². The van der Waals surface area contributed by atoms with Crippen molar-refractivity contribution in [1.29, 1.82) is 0 Å². The maximum Gasteiger partial charge on any atom is 0.224 e. The van der Waals surface area contributed by atoms with Crippen LogP contribution in [0.5, 0.6) is 0 Å². The van der Waals surface area contributed by atoms with Crippen LogP contribution in [-0.4, -0.2) is 11.8 Å². The fourth-order valence-electron chi connectivity index (χ4n) is 2.29. The minimum atomic E-state index is -0.402. The number of benzene rings is 1. The Morgan fingerprint density at radius 2 is 2.11 bits per heavy atom. The summed E-state index contributed by atoms with van der Waals surface area (Å²) < 4.78 is 0. The molecule has 0 radical (unpaired) electrons. The maximum atomic E-state index is 11.9. The highest BCUT2D eigenvalue weighted by Gasteiger charge is 2.15. The van der Waals surface area contributed by atoms with E-state index in [0.717, 1.165) is 18.4 Å². The Morgan fingerprint density at radius 1 is 1.32 bits per heavy atom. The smallest absolute Gasteiger partial charge is 0.224 e. The molecule has 0 unspecified atom stereocenters. The molecule has 4 heteroatoms. The topological polar surface area (TPSA) is 72.2 Å². The third-order valence-electron chi connectivity index (χ3n) is 3.22. The number of carbonyl (C=O) groups excluding carboxylic acids is 2. The van der Waals surface area contributed by atoms with Gasteiger partial charge in [-0.25, -0.2) is 0 Å². The number of carbonyl (C=O) groups is 2. The highest BCUT2D eigenvalue weighted by atomic mass is 16.2. The van der Waals surface area contributed by atoms with Crippen molar-refractivity contribution >= 4 is 17.5 Å². The van der Waals surface area contributed by atoms with Crippen LogP contribution in [-0.2, 0) is 16.0 Å². The molecular formula is C15H18N2O2. The molecule has 0 fully saturated rings. The van der Waals surface area contributed by atoms with Crippen molar-refractivity contribution in [2.75, 3.05) is 5.32 Å². The lowest BCUT2D eigenvalue weighted by atomic mass is 10.0. The Balaban J connectivity index is 1.99. The van der Waals surface area contributed by atoms with Gasteiger partial charge in [0.15, 0.2) is 0 Å². The predicted octanol–water partition coefficient (Wildman–Crippen LogP) is 2.01. The molecular weight excluding hydrogens is 240 g/mol. The van der Waals surface area contributed by atoms with Gasteiger partial charge in [0.1, 0.15) is 0 Å². The van der Waals surface area contributed by atoms with Crippen molar-refractivity contribution < 1.29 is 9.59 Å². The minimum absolute atomic E-state index is 0.0199. The lowest BCUT2D eigenvalue weighted by Gasteiger charge is -2.11. The number of nitrogens with one attached hydrogen (secondary N) is 1. The zero-order chi connectivity index (χ0) is 13.7. The van der Waals surface area contributed by atoms with Gasteiger partial charge in [-0.2, -0.15) is 0 Å². The van der Waals surface area contributed by atoms with Crippen LogP contribution in [0.15, 0.2) is 36.4 Å². The summed E-state index contributed by atoms with van der Waals surface area (Å²) in [6, 6.07) is 7.25. The average molecular weight is 258 g/mol. The molecule has 0 saturated carbocycles. The monoisotopic (exact) mass is 258 g/mol. The summed E-state index contributed by atoms with van der Waals surface area (Å²) in [5.74, 6) is -0.0859. The van der Waals surface area contributed by atoms with E-state index in [1.807, 2.05) is 12.1 Å². The highest BCUT2D eigenvalue weighted by molar-refractivity contribution is 5.92. The fraction of sp³-hybridized carbons (Fsp3) is 0.333. The summed E-state index contributed by atoms with van der Waals surface area (Å²) >= 11 is 0. The molecule has 2 rings (SSSR count). The van der Waals surface area contributed by atoms with Crippen molar-refractivity contribution in [2.24, 2.45) is 11.7 Å². The number of hydrogen-bond donors (Lipinski definition) is 2. The third kappa shape index (κ3) is 3.95. The number of nitrogens with two attached hydrogens (primary N) is 1. The van der Waals surface area contributed by atoms with Crippen molar-refractivity contribution in [3.05, 3.63) is 42.0 Å². The number of amides is 2. The van der Waals surface area contributed by atoms with Gasteiger partial charge in [0.05, 0.1) is 6.42 Å². The highest BCUT2D eigenvalue weighted by Crippen LogP contribution is 2.22. The Bertz CT molecular complexity index is 509. The van der Waals surface area contributed by atoms with Gasteiger partial charge in [-0.3, -0.25) is 9.59 Å². The molecule has 0 aliphatic heterocycles. The number of hydrogen-bond acceptors (Lipinski definition) is 2. The molecule has 2 amide bonds. The van der Waals surface area contributed by atoms with E-state index in [2.05, 4.69) is 17.5 Å². The molecule has 0 heterocycles. The normalized spacial score (nSPS) is 17.4. The van der Waals surface area contributed by atoms with E-state index < -0.39 is 5.91 Å². The van der Waals surface area contributed by atoms with Crippen LogP contribution in [0.3, 0.4) is 0 Å². The van der Waals surface area contributed by atoms with E-state index in [4.69, 9.17) is 5.73 Å². The van der Waals surface area contributed by atoms with E-state index in [-0.39, 0.29) is 12.3 Å². The molecule has 1 aromatic rings. The van der Waals surface area contributed by atoms with Crippen LogP contribution in [0, 0.1) is 5.92 Å². The zero-order valence-corrected chi connectivity index (χ0v) is 10.8. The lowest BCUT2D eigenvalue weighted by Crippen LogP contribution is -2.18. The van der Waals surface area contributed by atoms with Crippen LogP contribution >= 0.6 is 0 Å². The largest absolute Gasteiger partial charge is 0.369 e. The van der Waals surface area contributed by atoms with Crippen LogP contribution in [0.1, 0.15) is 24.8 Å². The first-order valence-electron chi connectivity index (χ1n) is 6.48. The Hall–Kier alpha value is -2.10. The second-order valence-electron chi connectivity index (χ2n) is 4.82. The van der Waals surface area contributed by atoms with E-state index in [0.29, 0.717) is 18.0 Å². The molecule has 100 valence electrons. The van der Waals surface area contributed by atoms with E-state index in [9.17, 15) is 9.59 Å². The van der Waals surface area contributed by atoms with Crippen LogP contribution in [0.2, 0.25) is 0 Å². The first-order valence-corrected chi connectivity index (χ1v) is 6.48. The number of allylic oxidation sites excluding steroid dienone is 2. The minimum Gasteiger partial charge on any atom is -0.369 e. The molecule has 1 aliphatic carbocycles. The van der Waals surface area contributed by atoms with Gasteiger partial charge in [-0.15, -0.1) is 0 Å². The molecule has 4 nitrogen and oxygen atoms in total. The molecule has 1 aliphatic rings. The van der Waals surface area contributed by atoms with Gasteiger partial charge >= 0.3 is 0 Å². The summed E-state index contributed by atoms with van der Waals surface area (Å²) in [6.07, 6.45) is 6.92. The van der Waals surface area contributed by atoms with Gasteiger partial charge in [0.2, 0.25) is 11.8 Å². The number of rotatable bonds is 5. The summed E-state index contributed by atoms with van der Waals surface area (Å²) in [7, 11) is 0. The summed E-state index contributed by atoms with van der Waals surface area (Å²) in [4.78, 5) is 22.9. The Kier molecular flexibility index (Phi) is 4.34. The maximum absolute atomic E-state index is 11.9. The van der Waals surface area contributed by atoms with Crippen LogP contribution in [0.25, 0.3) is 0 Å². The number of primary amides is 1. The van der Waals surface area contributed by atoms with Crippen molar-refractivity contribution in [3.63, 3.8) is 0 Å². The third-order valence-corrected chi connectivity index (χ3v) is 3.22. The average Bonchev–Trinajstić information content (AvgIpc) is 2.83. The van der Waals surface area contributed by atoms with Crippen LogP contribution in [0.4, 0.5) is 5.69 Å². The van der Waals surface area contributed by atoms with Crippen molar-refractivity contribution in [1.82, 2.24) is 0 Å². The fourth-order valence-corrected chi connectivity index (χ4v) is 2.29. The lowest BCUT2D eigenvalue weighted by molar-refractivity contribution is -0.118. The van der Waals surface area contributed by atoms with Crippen molar-refractivity contribution in [3.8, 4) is 0 Å². The molecule has 0 saturated heterocycles. The van der Waals surface area contributed by atoms with E-state index in [1.54, 1.807) is 12.1 Å². The molecule has 0 aromatic heterocycles. The molecule has 0 bridgehead atoms. The quantitative estimate of drug-likeness (QED) is 0.793. The summed E-state index contributed by atoms with van der Waals surface area (Å²) in [5.41, 5.74) is 6.62. The first-order chi connectivity index (χ1) is 9.15. The second kappa shape index (κ2) is 6.18. The predicted molar refractivity (Wildman–Crippen MR) is 74.5 cm³/mol. The van der Waals surface area contributed by atoms with Gasteiger partial charge in [-0.05, 0) is 30.4 Å². The summed E-state index contributed by atoms with van der Waals surface area (Å²) in [5, 5.41) is 2.86. The molecule has 3 N–H and O–H groups in total. The van der Waals surface area contributed by atoms with Gasteiger partial charge < -0.3 is 11.1 Å². The SMILES string of the molecule is NC(=O)Cc1ccccc1NC(=O)C[C@H]1C=CCC1. The Morgan fingerprint density at radius 3 is 2.79 bits per heavy atom. The number of anilines is 1. The molecule has 1 aromatic carbocycles. The summed E-state index contributed by atoms with van der Waals surface area (Å²) in [6.45, 7) is 0. The number of para-hydroxylation sites is 1. The first kappa shape index (κ1) is 13.3. The van der Waals surface area contributed by atoms with E-state index in [1.165, 1.54) is 0 Å². The molecule has 0 spiro atoms. The van der Waals surface area contributed by atoms with Gasteiger partial charge in [0, 0.05) is 12.1 Å². The van der Waals surface area contributed by atoms with Gasteiger partial charge in [-0.1, -0.05) is 30.4 Å². The van der Waals surface area contributed by atoms with E-state index >= 15 is 0 Å². The Labute approximate surface area is 112 Å². The van der Waals surface area contributed by atoms with Crippen molar-refractivity contribution in [2.45, 2.75) is 25.7 Å². The molecule has 19 heavy (non-hydrogen) atoms. The second-order valence-corrected chi connectivity index (χ2v) is 4.82. The molecule has 1 atom stereocenters.